The second-order valence-electron chi connectivity index (χ2n) is 6.97. The van der Waals surface area contributed by atoms with Crippen LogP contribution in [0.2, 0.25) is 0 Å². The molecule has 0 aromatic heterocycles. The molecule has 0 saturated carbocycles. The van der Waals surface area contributed by atoms with Crippen LogP contribution >= 0.6 is 0 Å². The molecule has 1 aliphatic heterocycles. The van der Waals surface area contributed by atoms with Gasteiger partial charge in [0.15, 0.2) is 6.10 Å². The van der Waals surface area contributed by atoms with Crippen LogP contribution in [0, 0.1) is 0 Å². The van der Waals surface area contributed by atoms with Crippen LogP contribution in [-0.2, 0) is 19.1 Å². The summed E-state index contributed by atoms with van der Waals surface area (Å²) in [6, 6.07) is 13.0. The Balaban J connectivity index is 1.45. The third-order valence-electron chi connectivity index (χ3n) is 4.69. The summed E-state index contributed by atoms with van der Waals surface area (Å²) in [5, 5.41) is 4.79. The van der Waals surface area contributed by atoms with Crippen molar-refractivity contribution < 1.29 is 23.9 Å². The third-order valence-corrected chi connectivity index (χ3v) is 4.69. The quantitative estimate of drug-likeness (QED) is 0.572. The van der Waals surface area contributed by atoms with Gasteiger partial charge in [-0.1, -0.05) is 30.3 Å². The fraction of sp³-hybridized carbons (Fsp3) is 0.333. The second-order valence-corrected chi connectivity index (χ2v) is 6.97. The van der Waals surface area contributed by atoms with Crippen LogP contribution in [0.25, 0.3) is 10.8 Å². The number of hydrogen-bond acceptors (Lipinski definition) is 5. The predicted octanol–water partition coefficient (Wildman–Crippen LogP) is 2.38. The zero-order valence-electron chi connectivity index (χ0n) is 16.4. The first kappa shape index (κ1) is 20.3. The Bertz CT molecular complexity index is 958. The summed E-state index contributed by atoms with van der Waals surface area (Å²) in [7, 11) is 1.55. The highest BCUT2D eigenvalue weighted by molar-refractivity contribution is 6.01. The highest BCUT2D eigenvalue weighted by Crippen LogP contribution is 2.19. The fourth-order valence-electron chi connectivity index (χ4n) is 3.09. The summed E-state index contributed by atoms with van der Waals surface area (Å²) in [6.45, 7) is 1.70. The number of ether oxygens (including phenoxy) is 1. The summed E-state index contributed by atoms with van der Waals surface area (Å²) >= 11 is 0. The van der Waals surface area contributed by atoms with Gasteiger partial charge in [-0.2, -0.15) is 0 Å². The van der Waals surface area contributed by atoms with Gasteiger partial charge >= 0.3 is 12.0 Å². The number of amides is 4. The van der Waals surface area contributed by atoms with Crippen molar-refractivity contribution in [3.63, 3.8) is 0 Å². The topological polar surface area (TPSA) is 96.0 Å². The number of imide groups is 1. The van der Waals surface area contributed by atoms with Gasteiger partial charge in [0.1, 0.15) is 6.54 Å². The number of fused-ring (bicyclic) bond motifs is 1. The Hall–Kier alpha value is -3.42. The Kier molecular flexibility index (Phi) is 6.11. The van der Waals surface area contributed by atoms with Gasteiger partial charge < -0.3 is 15.0 Å². The van der Waals surface area contributed by atoms with Gasteiger partial charge in [-0.3, -0.25) is 19.3 Å². The fourth-order valence-corrected chi connectivity index (χ4v) is 3.09. The van der Waals surface area contributed by atoms with Crippen molar-refractivity contribution in [2.45, 2.75) is 25.9 Å². The molecule has 0 unspecified atom stereocenters. The highest BCUT2D eigenvalue weighted by atomic mass is 16.5. The van der Waals surface area contributed by atoms with Crippen LogP contribution in [-0.4, -0.2) is 59.9 Å². The highest BCUT2D eigenvalue weighted by Gasteiger charge is 2.33. The molecular weight excluding hydrogens is 374 g/mol. The van der Waals surface area contributed by atoms with Gasteiger partial charge in [0.25, 0.3) is 5.91 Å². The van der Waals surface area contributed by atoms with E-state index in [1.165, 1.54) is 11.8 Å². The molecule has 29 heavy (non-hydrogen) atoms. The van der Waals surface area contributed by atoms with E-state index in [1.54, 1.807) is 13.1 Å². The van der Waals surface area contributed by atoms with Gasteiger partial charge in [0, 0.05) is 25.7 Å². The lowest BCUT2D eigenvalue weighted by Gasteiger charge is -2.15. The number of hydrogen-bond donors (Lipinski definition) is 1. The molecule has 1 atom stereocenters. The standard InChI is InChI=1S/C21H23N3O5/c1-14(20(27)22-17-10-9-15-6-3-4-7-16(15)12-17)29-19(26)8-5-11-24-18(25)13-23(2)21(24)28/h3-4,6-7,9-10,12,14H,5,8,11,13H2,1-2H3,(H,22,27)/t14-/m1/s1. The third kappa shape index (κ3) is 4.90. The molecule has 0 bridgehead atoms. The molecule has 1 saturated heterocycles. The first-order valence-electron chi connectivity index (χ1n) is 9.40. The van der Waals surface area contributed by atoms with Crippen LogP contribution in [0.3, 0.4) is 0 Å². The molecule has 1 aliphatic rings. The molecule has 0 spiro atoms. The molecule has 2 aromatic rings. The summed E-state index contributed by atoms with van der Waals surface area (Å²) in [6.07, 6.45) is -0.674. The molecule has 3 rings (SSSR count). The first-order chi connectivity index (χ1) is 13.8. The number of likely N-dealkylation sites (N-methyl/N-ethyl adjacent to an activating group) is 1. The maximum Gasteiger partial charge on any atom is 0.326 e. The van der Waals surface area contributed by atoms with E-state index in [0.717, 1.165) is 15.7 Å². The number of benzene rings is 2. The molecule has 2 aromatic carbocycles. The monoisotopic (exact) mass is 397 g/mol. The summed E-state index contributed by atoms with van der Waals surface area (Å²) in [5.74, 6) is -1.27. The largest absolute Gasteiger partial charge is 0.453 e. The molecule has 1 N–H and O–H groups in total. The van der Waals surface area contributed by atoms with Crippen molar-refractivity contribution in [2.24, 2.45) is 0 Å². The molecule has 152 valence electrons. The number of urea groups is 1. The lowest BCUT2D eigenvalue weighted by atomic mass is 10.1. The smallest absolute Gasteiger partial charge is 0.326 e. The van der Waals surface area contributed by atoms with E-state index < -0.39 is 18.0 Å². The van der Waals surface area contributed by atoms with Crippen molar-refractivity contribution in [1.82, 2.24) is 9.80 Å². The van der Waals surface area contributed by atoms with Crippen LogP contribution in [0.4, 0.5) is 10.5 Å². The summed E-state index contributed by atoms with van der Waals surface area (Å²) < 4.78 is 5.16. The average molecular weight is 397 g/mol. The minimum Gasteiger partial charge on any atom is -0.453 e. The zero-order valence-corrected chi connectivity index (χ0v) is 16.4. The Morgan fingerprint density at radius 2 is 1.86 bits per heavy atom. The first-order valence-corrected chi connectivity index (χ1v) is 9.40. The SMILES string of the molecule is C[C@@H](OC(=O)CCCN1C(=O)CN(C)C1=O)C(=O)Nc1ccc2ccccc2c1. The molecule has 8 nitrogen and oxygen atoms in total. The molecular formula is C21H23N3O5. The van der Waals surface area contributed by atoms with E-state index in [-0.39, 0.29) is 37.9 Å². The van der Waals surface area contributed by atoms with E-state index in [9.17, 15) is 19.2 Å². The zero-order chi connectivity index (χ0) is 21.0. The van der Waals surface area contributed by atoms with Crippen molar-refractivity contribution in [2.75, 3.05) is 25.5 Å². The Labute approximate surface area is 168 Å². The normalized spacial score (nSPS) is 15.0. The number of esters is 1. The summed E-state index contributed by atoms with van der Waals surface area (Å²) in [4.78, 5) is 50.2. The van der Waals surface area contributed by atoms with E-state index >= 15 is 0 Å². The van der Waals surface area contributed by atoms with E-state index in [2.05, 4.69) is 5.32 Å². The lowest BCUT2D eigenvalue weighted by Crippen LogP contribution is -2.33. The van der Waals surface area contributed by atoms with Crippen molar-refractivity contribution in [3.05, 3.63) is 42.5 Å². The lowest BCUT2D eigenvalue weighted by molar-refractivity contribution is -0.153. The molecule has 1 fully saturated rings. The van der Waals surface area contributed by atoms with Gasteiger partial charge in [-0.15, -0.1) is 0 Å². The van der Waals surface area contributed by atoms with Gasteiger partial charge in [-0.05, 0) is 36.2 Å². The Morgan fingerprint density at radius 3 is 2.55 bits per heavy atom. The minimum absolute atomic E-state index is 0.00830. The van der Waals surface area contributed by atoms with Crippen LogP contribution in [0.1, 0.15) is 19.8 Å². The number of carbonyl (C=O) groups is 4. The van der Waals surface area contributed by atoms with E-state index in [4.69, 9.17) is 4.74 Å². The maximum absolute atomic E-state index is 12.3. The van der Waals surface area contributed by atoms with E-state index in [0.29, 0.717) is 5.69 Å². The average Bonchev–Trinajstić information content (AvgIpc) is 2.93. The predicted molar refractivity (Wildman–Crippen MR) is 107 cm³/mol. The van der Waals surface area contributed by atoms with Gasteiger partial charge in [0.2, 0.25) is 5.91 Å². The van der Waals surface area contributed by atoms with Gasteiger partial charge in [0.05, 0.1) is 0 Å². The number of anilines is 1. The number of rotatable bonds is 7. The van der Waals surface area contributed by atoms with Crippen molar-refractivity contribution in [1.29, 1.82) is 0 Å². The molecule has 0 aliphatic carbocycles. The number of carbonyl (C=O) groups excluding carboxylic acids is 4. The summed E-state index contributed by atoms with van der Waals surface area (Å²) in [5.41, 5.74) is 0.617. The molecule has 0 radical (unpaired) electrons. The second kappa shape index (κ2) is 8.72. The van der Waals surface area contributed by atoms with Crippen LogP contribution in [0.15, 0.2) is 42.5 Å². The van der Waals surface area contributed by atoms with Crippen molar-refractivity contribution in [3.8, 4) is 0 Å². The van der Waals surface area contributed by atoms with Gasteiger partial charge in [-0.25, -0.2) is 4.79 Å². The number of nitrogens with one attached hydrogen (secondary N) is 1. The Morgan fingerprint density at radius 1 is 1.14 bits per heavy atom. The van der Waals surface area contributed by atoms with Crippen LogP contribution in [0.5, 0.6) is 0 Å². The molecule has 4 amide bonds. The van der Waals surface area contributed by atoms with Crippen LogP contribution < -0.4 is 5.32 Å². The van der Waals surface area contributed by atoms with Crippen molar-refractivity contribution >= 4 is 40.3 Å². The van der Waals surface area contributed by atoms with E-state index in [1.807, 2.05) is 36.4 Å². The maximum atomic E-state index is 12.3. The number of nitrogens with zero attached hydrogens (tertiary/aromatic N) is 2. The minimum atomic E-state index is -0.963. The molecule has 1 heterocycles. The molecule has 8 heteroatoms.